The fraction of sp³-hybridized carbons (Fsp3) is 0.0667. The summed E-state index contributed by atoms with van der Waals surface area (Å²) in [6, 6.07) is 65.6. The summed E-state index contributed by atoms with van der Waals surface area (Å²) in [6.07, 6.45) is 15.9. The molecule has 0 unspecified atom stereocenters. The maximum atomic E-state index is 2.50. The highest BCUT2D eigenvalue weighted by Gasteiger charge is 2.21. The zero-order chi connectivity index (χ0) is 41.4. The summed E-state index contributed by atoms with van der Waals surface area (Å²) in [4.78, 5) is 4.93. The van der Waals surface area contributed by atoms with Crippen molar-refractivity contribution in [2.45, 2.75) is 25.7 Å². The standard InChI is InChI=1S/C60H42N2S/c1-3-15-43(16-4-1)61(45-29-27-41-25-23-39-13-7-9-19-49(39)55(41)35-45)47-31-33-53-57(37-47)51-21-11-12-22-52(51)59-54-34-32-48(38-58(54)63-60(53)59)62(44-17-5-2-6-18-44)46-30-28-42-26-24-40-14-8-10-20-50(40)56(42)36-46/h1-5,7-10,13-17,19-38H,6,11-12,18H2. The highest BCUT2D eigenvalue weighted by atomic mass is 32.1. The molecule has 0 saturated carbocycles. The van der Waals surface area contributed by atoms with Gasteiger partial charge in [-0.15, -0.1) is 11.3 Å². The first-order chi connectivity index (χ1) is 31.2. The molecule has 298 valence electrons. The highest BCUT2D eigenvalue weighted by Crippen LogP contribution is 2.44. The van der Waals surface area contributed by atoms with Crippen LogP contribution in [0.4, 0.5) is 28.4 Å². The lowest BCUT2D eigenvalue weighted by Gasteiger charge is -2.29. The van der Waals surface area contributed by atoms with Crippen LogP contribution in [0.5, 0.6) is 0 Å². The minimum absolute atomic E-state index is 0.996. The molecule has 2 aliphatic carbocycles. The SMILES string of the molecule is C1=CCCC(N(c2ccc3c(c2)sc2c4ccc(N(c5ccccc5)c5ccc6ccc7ccccc7c6c5)cc4c4c(c32)=CCCC=4)c2ccc3ccc4ccccc4c3c2)=C1. The number of fused-ring (bicyclic) bond motifs is 14. The van der Waals surface area contributed by atoms with E-state index in [9.17, 15) is 0 Å². The van der Waals surface area contributed by atoms with Crippen molar-refractivity contribution < 1.29 is 0 Å². The molecule has 1 aromatic heterocycles. The van der Waals surface area contributed by atoms with Gasteiger partial charge in [-0.25, -0.2) is 0 Å². The first-order valence-electron chi connectivity index (χ1n) is 22.2. The van der Waals surface area contributed by atoms with E-state index in [2.05, 4.69) is 216 Å². The third kappa shape index (κ3) is 5.92. The Morgan fingerprint density at radius 2 is 0.921 bits per heavy atom. The number of hydrogen-bond donors (Lipinski definition) is 0. The first-order valence-corrected chi connectivity index (χ1v) is 23.0. The summed E-state index contributed by atoms with van der Waals surface area (Å²) in [5, 5.41) is 18.3. The van der Waals surface area contributed by atoms with Crippen LogP contribution >= 0.6 is 11.3 Å². The Balaban J connectivity index is 0.996. The molecule has 2 nitrogen and oxygen atoms in total. The van der Waals surface area contributed by atoms with Gasteiger partial charge < -0.3 is 9.80 Å². The first kappa shape index (κ1) is 36.2. The van der Waals surface area contributed by atoms with Crippen molar-refractivity contribution >= 4 is 126 Å². The number of hydrogen-bond acceptors (Lipinski definition) is 3. The van der Waals surface area contributed by atoms with Gasteiger partial charge in [-0.3, -0.25) is 0 Å². The predicted molar refractivity (Wildman–Crippen MR) is 274 cm³/mol. The predicted octanol–water partition coefficient (Wildman–Crippen LogP) is 16.0. The number of thiophene rings is 1. The Morgan fingerprint density at radius 3 is 1.59 bits per heavy atom. The zero-order valence-corrected chi connectivity index (χ0v) is 35.6. The number of para-hydroxylation sites is 1. The molecule has 63 heavy (non-hydrogen) atoms. The van der Waals surface area contributed by atoms with Crippen LogP contribution in [-0.2, 0) is 0 Å². The van der Waals surface area contributed by atoms with Crippen molar-refractivity contribution in [3.8, 4) is 0 Å². The summed E-state index contributed by atoms with van der Waals surface area (Å²) < 4.78 is 2.68. The lowest BCUT2D eigenvalue weighted by molar-refractivity contribution is 0.918. The second-order valence-corrected chi connectivity index (χ2v) is 18.1. The van der Waals surface area contributed by atoms with Gasteiger partial charge >= 0.3 is 0 Å². The molecule has 0 amide bonds. The molecule has 0 bridgehead atoms. The van der Waals surface area contributed by atoms with Gasteiger partial charge in [-0.05, 0) is 151 Å². The van der Waals surface area contributed by atoms with E-state index in [1.54, 1.807) is 0 Å². The summed E-state index contributed by atoms with van der Waals surface area (Å²) in [5.41, 5.74) is 7.17. The Labute approximate surface area is 369 Å². The van der Waals surface area contributed by atoms with Gasteiger partial charge in [0.15, 0.2) is 0 Å². The van der Waals surface area contributed by atoms with E-state index in [1.165, 1.54) is 102 Å². The van der Waals surface area contributed by atoms with Crippen LogP contribution in [0.3, 0.4) is 0 Å². The van der Waals surface area contributed by atoms with Crippen LogP contribution in [0.2, 0.25) is 0 Å². The second kappa shape index (κ2) is 14.6. The molecule has 0 aliphatic heterocycles. The van der Waals surface area contributed by atoms with E-state index in [4.69, 9.17) is 0 Å². The Hall–Kier alpha value is -7.46. The largest absolute Gasteiger partial charge is 0.314 e. The van der Waals surface area contributed by atoms with Crippen LogP contribution in [0.25, 0.3) is 86.2 Å². The van der Waals surface area contributed by atoms with E-state index in [1.807, 2.05) is 11.3 Å². The smallest absolute Gasteiger partial charge is 0.0472 e. The number of benzene rings is 10. The van der Waals surface area contributed by atoms with Crippen molar-refractivity contribution in [3.05, 3.63) is 210 Å². The molecule has 10 aromatic carbocycles. The third-order valence-electron chi connectivity index (χ3n) is 13.4. The summed E-state index contributed by atoms with van der Waals surface area (Å²) in [7, 11) is 0. The summed E-state index contributed by atoms with van der Waals surface area (Å²) in [5.74, 6) is 0. The molecule has 0 atom stereocenters. The molecular formula is C60H42N2S. The van der Waals surface area contributed by atoms with Crippen LogP contribution in [-0.4, -0.2) is 0 Å². The van der Waals surface area contributed by atoms with E-state index in [0.717, 1.165) is 42.7 Å². The molecular weight excluding hydrogens is 781 g/mol. The maximum absolute atomic E-state index is 2.50. The van der Waals surface area contributed by atoms with Gasteiger partial charge in [0.1, 0.15) is 0 Å². The maximum Gasteiger partial charge on any atom is 0.0472 e. The molecule has 1 heterocycles. The lowest BCUT2D eigenvalue weighted by Crippen LogP contribution is -2.28. The molecule has 0 fully saturated rings. The normalized spacial score (nSPS) is 13.7. The Kier molecular flexibility index (Phi) is 8.38. The average Bonchev–Trinajstić information content (AvgIpc) is 3.74. The third-order valence-corrected chi connectivity index (χ3v) is 14.6. The Bertz CT molecular complexity index is 3870. The molecule has 2 aliphatic rings. The van der Waals surface area contributed by atoms with Gasteiger partial charge in [0.2, 0.25) is 0 Å². The van der Waals surface area contributed by atoms with E-state index in [0.29, 0.717) is 0 Å². The van der Waals surface area contributed by atoms with Crippen molar-refractivity contribution in [2.75, 3.05) is 9.80 Å². The summed E-state index contributed by atoms with van der Waals surface area (Å²) in [6.45, 7) is 0. The molecule has 0 radical (unpaired) electrons. The number of anilines is 5. The van der Waals surface area contributed by atoms with Crippen LogP contribution in [0.1, 0.15) is 25.7 Å². The average molecular weight is 823 g/mol. The fourth-order valence-corrected chi connectivity index (χ4v) is 11.8. The topological polar surface area (TPSA) is 6.48 Å². The molecule has 13 rings (SSSR count). The minimum Gasteiger partial charge on any atom is -0.314 e. The number of allylic oxidation sites excluding steroid dienone is 4. The van der Waals surface area contributed by atoms with Crippen LogP contribution in [0.15, 0.2) is 200 Å². The molecule has 0 N–H and O–H groups in total. The van der Waals surface area contributed by atoms with Crippen LogP contribution in [0, 0.1) is 0 Å². The van der Waals surface area contributed by atoms with Gasteiger partial charge in [-0.1, -0.05) is 140 Å². The number of rotatable bonds is 6. The van der Waals surface area contributed by atoms with Crippen LogP contribution < -0.4 is 20.2 Å². The minimum atomic E-state index is 0.996. The van der Waals surface area contributed by atoms with Gasteiger partial charge in [0.25, 0.3) is 0 Å². The summed E-state index contributed by atoms with van der Waals surface area (Å²) >= 11 is 1.94. The van der Waals surface area contributed by atoms with Gasteiger partial charge in [-0.2, -0.15) is 0 Å². The molecule has 3 heteroatoms. The van der Waals surface area contributed by atoms with Gasteiger partial charge in [0, 0.05) is 59.7 Å². The van der Waals surface area contributed by atoms with Crippen molar-refractivity contribution in [2.24, 2.45) is 0 Å². The number of nitrogens with zero attached hydrogens (tertiary/aromatic N) is 2. The molecule has 11 aromatic rings. The van der Waals surface area contributed by atoms with E-state index < -0.39 is 0 Å². The van der Waals surface area contributed by atoms with E-state index in [-0.39, 0.29) is 0 Å². The monoisotopic (exact) mass is 822 g/mol. The fourth-order valence-electron chi connectivity index (χ4n) is 10.5. The second-order valence-electron chi connectivity index (χ2n) is 17.0. The zero-order valence-electron chi connectivity index (χ0n) is 34.8. The molecule has 0 saturated heterocycles. The highest BCUT2D eigenvalue weighted by molar-refractivity contribution is 7.26. The quantitative estimate of drug-likeness (QED) is 0.154. The van der Waals surface area contributed by atoms with Crippen molar-refractivity contribution in [1.82, 2.24) is 0 Å². The lowest BCUT2D eigenvalue weighted by atomic mass is 9.96. The van der Waals surface area contributed by atoms with E-state index >= 15 is 0 Å². The van der Waals surface area contributed by atoms with Crippen molar-refractivity contribution in [1.29, 1.82) is 0 Å². The van der Waals surface area contributed by atoms with Crippen molar-refractivity contribution in [3.63, 3.8) is 0 Å². The van der Waals surface area contributed by atoms with Gasteiger partial charge in [0.05, 0.1) is 0 Å². The Morgan fingerprint density at radius 1 is 0.381 bits per heavy atom. The molecule has 0 spiro atoms.